The van der Waals surface area contributed by atoms with Gasteiger partial charge in [0.15, 0.2) is 0 Å². The Labute approximate surface area is 100 Å². The summed E-state index contributed by atoms with van der Waals surface area (Å²) in [4.78, 5) is 8.58. The monoisotopic (exact) mass is 364 g/mol. The second kappa shape index (κ2) is 3.63. The zero-order valence-corrected chi connectivity index (χ0v) is 11.0. The number of nitrogens with zero attached hydrogens (tertiary/aromatic N) is 2. The molecular weight excluding hydrogens is 364 g/mol. The molecule has 0 radical (unpaired) electrons. The highest BCUT2D eigenvalue weighted by atomic mass is 79.9. The van der Waals surface area contributed by atoms with Gasteiger partial charge in [-0.25, -0.2) is 9.97 Å². The Morgan fingerprint density at radius 1 is 0.923 bits per heavy atom. The lowest BCUT2D eigenvalue weighted by Gasteiger charge is -1.99. The lowest BCUT2D eigenvalue weighted by Crippen LogP contribution is -1.85. The molecule has 2 nitrogen and oxygen atoms in total. The van der Waals surface area contributed by atoms with Crippen molar-refractivity contribution >= 4 is 58.8 Å². The molecule has 0 fully saturated rings. The van der Waals surface area contributed by atoms with Gasteiger partial charge in [-0.15, -0.1) is 0 Å². The van der Waals surface area contributed by atoms with Crippen LogP contribution in [0.1, 0.15) is 0 Å². The summed E-state index contributed by atoms with van der Waals surface area (Å²) in [5.41, 5.74) is 1.74. The van der Waals surface area contributed by atoms with Crippen LogP contribution in [0.4, 0.5) is 0 Å². The zero-order chi connectivity index (χ0) is 9.42. The third-order valence-corrected chi connectivity index (χ3v) is 3.73. The SMILES string of the molecule is Brc1ccc2nc(Br)c(Br)cc2n1. The maximum atomic E-state index is 4.30. The van der Waals surface area contributed by atoms with E-state index in [4.69, 9.17) is 0 Å². The van der Waals surface area contributed by atoms with Crippen LogP contribution in [0, 0.1) is 0 Å². The molecule has 0 atom stereocenters. The van der Waals surface area contributed by atoms with Gasteiger partial charge in [-0.1, -0.05) is 0 Å². The van der Waals surface area contributed by atoms with Gasteiger partial charge in [-0.3, -0.25) is 0 Å². The molecule has 0 aliphatic carbocycles. The Morgan fingerprint density at radius 3 is 2.46 bits per heavy atom. The van der Waals surface area contributed by atoms with Gasteiger partial charge in [0.25, 0.3) is 0 Å². The summed E-state index contributed by atoms with van der Waals surface area (Å²) in [7, 11) is 0. The molecule has 0 unspecified atom stereocenters. The van der Waals surface area contributed by atoms with E-state index in [1.54, 1.807) is 0 Å². The summed E-state index contributed by atoms with van der Waals surface area (Å²) in [5.74, 6) is 0. The Bertz CT molecular complexity index is 470. The number of pyridine rings is 2. The number of halogens is 3. The highest BCUT2D eigenvalue weighted by Gasteiger charge is 2.02. The molecule has 2 heterocycles. The number of rotatable bonds is 0. The van der Waals surface area contributed by atoms with Crippen molar-refractivity contribution in [2.75, 3.05) is 0 Å². The first-order valence-corrected chi connectivity index (χ1v) is 5.83. The van der Waals surface area contributed by atoms with Crippen LogP contribution in [0.5, 0.6) is 0 Å². The standard InChI is InChI=1S/C8H3Br3N2/c9-4-3-6-5(13-8(4)11)1-2-7(10)12-6/h1-3H. The molecule has 5 heteroatoms. The predicted octanol–water partition coefficient (Wildman–Crippen LogP) is 3.92. The lowest BCUT2D eigenvalue weighted by atomic mass is 10.3. The van der Waals surface area contributed by atoms with Gasteiger partial charge in [0, 0.05) is 0 Å². The van der Waals surface area contributed by atoms with Crippen LogP contribution in [0.3, 0.4) is 0 Å². The van der Waals surface area contributed by atoms with Gasteiger partial charge >= 0.3 is 0 Å². The van der Waals surface area contributed by atoms with E-state index >= 15 is 0 Å². The minimum Gasteiger partial charge on any atom is -0.239 e. The average Bonchev–Trinajstić information content (AvgIpc) is 2.08. The lowest BCUT2D eigenvalue weighted by molar-refractivity contribution is 1.27. The summed E-state index contributed by atoms with van der Waals surface area (Å²) < 4.78 is 2.52. The maximum absolute atomic E-state index is 4.30. The fraction of sp³-hybridized carbons (Fsp3) is 0. The van der Waals surface area contributed by atoms with Crippen molar-refractivity contribution in [3.63, 3.8) is 0 Å². The summed E-state index contributed by atoms with van der Waals surface area (Å²) in [6.45, 7) is 0. The van der Waals surface area contributed by atoms with Crippen LogP contribution >= 0.6 is 47.8 Å². The van der Waals surface area contributed by atoms with Crippen molar-refractivity contribution in [3.05, 3.63) is 31.9 Å². The summed E-state index contributed by atoms with van der Waals surface area (Å²) in [5, 5.41) is 0. The summed E-state index contributed by atoms with van der Waals surface area (Å²) in [6, 6.07) is 5.72. The van der Waals surface area contributed by atoms with E-state index in [1.807, 2.05) is 18.2 Å². The number of hydrogen-bond donors (Lipinski definition) is 0. The Hall–Kier alpha value is -0.000000000000000111. The van der Waals surface area contributed by atoms with E-state index in [0.29, 0.717) is 0 Å². The van der Waals surface area contributed by atoms with Crippen LogP contribution in [0.25, 0.3) is 11.0 Å². The van der Waals surface area contributed by atoms with Crippen LogP contribution in [0.2, 0.25) is 0 Å². The Kier molecular flexibility index (Phi) is 2.67. The van der Waals surface area contributed by atoms with Gasteiger partial charge in [0.05, 0.1) is 15.5 Å². The maximum Gasteiger partial charge on any atom is 0.121 e. The van der Waals surface area contributed by atoms with Gasteiger partial charge in [-0.2, -0.15) is 0 Å². The van der Waals surface area contributed by atoms with Gasteiger partial charge in [-0.05, 0) is 66.0 Å². The molecular formula is C8H3Br3N2. The quantitative estimate of drug-likeness (QED) is 0.660. The molecule has 0 saturated heterocycles. The zero-order valence-electron chi connectivity index (χ0n) is 6.26. The first-order valence-electron chi connectivity index (χ1n) is 3.45. The van der Waals surface area contributed by atoms with E-state index in [1.165, 1.54) is 0 Å². The van der Waals surface area contributed by atoms with Crippen molar-refractivity contribution in [3.8, 4) is 0 Å². The van der Waals surface area contributed by atoms with Gasteiger partial charge < -0.3 is 0 Å². The Morgan fingerprint density at radius 2 is 1.69 bits per heavy atom. The summed E-state index contributed by atoms with van der Waals surface area (Å²) in [6.07, 6.45) is 0. The largest absolute Gasteiger partial charge is 0.239 e. The van der Waals surface area contributed by atoms with E-state index in [0.717, 1.165) is 24.7 Å². The van der Waals surface area contributed by atoms with Crippen LogP contribution in [-0.4, -0.2) is 9.97 Å². The number of fused-ring (bicyclic) bond motifs is 1. The molecule has 0 aliphatic heterocycles. The fourth-order valence-electron chi connectivity index (χ4n) is 0.982. The molecule has 0 bridgehead atoms. The Balaban J connectivity index is 2.81. The van der Waals surface area contributed by atoms with Crippen LogP contribution in [-0.2, 0) is 0 Å². The molecule has 0 N–H and O–H groups in total. The first kappa shape index (κ1) is 9.55. The molecule has 66 valence electrons. The van der Waals surface area contributed by atoms with E-state index in [2.05, 4.69) is 57.8 Å². The molecule has 0 aliphatic rings. The number of hydrogen-bond acceptors (Lipinski definition) is 2. The molecule has 0 aromatic carbocycles. The predicted molar refractivity (Wildman–Crippen MR) is 62.6 cm³/mol. The molecule has 0 amide bonds. The minimum atomic E-state index is 0.795. The third-order valence-electron chi connectivity index (χ3n) is 1.55. The molecule has 0 saturated carbocycles. The van der Waals surface area contributed by atoms with Gasteiger partial charge in [0.1, 0.15) is 9.21 Å². The van der Waals surface area contributed by atoms with Crippen molar-refractivity contribution in [1.82, 2.24) is 9.97 Å². The van der Waals surface area contributed by atoms with Crippen molar-refractivity contribution in [2.45, 2.75) is 0 Å². The second-order valence-electron chi connectivity index (χ2n) is 2.43. The normalized spacial score (nSPS) is 10.7. The summed E-state index contributed by atoms with van der Waals surface area (Å²) >= 11 is 10.0. The third kappa shape index (κ3) is 1.92. The minimum absolute atomic E-state index is 0.795. The number of aromatic nitrogens is 2. The van der Waals surface area contributed by atoms with E-state index in [9.17, 15) is 0 Å². The molecule has 2 aromatic rings. The van der Waals surface area contributed by atoms with E-state index < -0.39 is 0 Å². The molecule has 2 aromatic heterocycles. The molecule has 13 heavy (non-hydrogen) atoms. The fourth-order valence-corrected chi connectivity index (χ4v) is 1.92. The van der Waals surface area contributed by atoms with Crippen LogP contribution in [0.15, 0.2) is 31.9 Å². The molecule has 2 rings (SSSR count). The van der Waals surface area contributed by atoms with Crippen molar-refractivity contribution in [1.29, 1.82) is 0 Å². The topological polar surface area (TPSA) is 25.8 Å². The van der Waals surface area contributed by atoms with Crippen LogP contribution < -0.4 is 0 Å². The van der Waals surface area contributed by atoms with Crippen molar-refractivity contribution < 1.29 is 0 Å². The van der Waals surface area contributed by atoms with E-state index in [-0.39, 0.29) is 0 Å². The highest BCUT2D eigenvalue weighted by molar-refractivity contribution is 9.13. The second-order valence-corrected chi connectivity index (χ2v) is 4.85. The van der Waals surface area contributed by atoms with Gasteiger partial charge in [0.2, 0.25) is 0 Å². The highest BCUT2D eigenvalue weighted by Crippen LogP contribution is 2.25. The average molecular weight is 367 g/mol. The first-order chi connectivity index (χ1) is 6.16. The van der Waals surface area contributed by atoms with Crippen molar-refractivity contribution in [2.24, 2.45) is 0 Å². The molecule has 0 spiro atoms. The smallest absolute Gasteiger partial charge is 0.121 e.